The highest BCUT2D eigenvalue weighted by atomic mass is 32.2. The molecule has 3 aromatic carbocycles. The Bertz CT molecular complexity index is 1350. The second-order valence-corrected chi connectivity index (χ2v) is 10.2. The summed E-state index contributed by atoms with van der Waals surface area (Å²) in [4.78, 5) is 12.4. The molecule has 1 unspecified atom stereocenters. The molecule has 0 bridgehead atoms. The highest BCUT2D eigenvalue weighted by Crippen LogP contribution is 2.36. The molecule has 0 aliphatic rings. The van der Waals surface area contributed by atoms with Gasteiger partial charge in [-0.25, -0.2) is 18.4 Å². The maximum absolute atomic E-state index is 12.7. The van der Waals surface area contributed by atoms with E-state index in [0.29, 0.717) is 48.8 Å². The van der Waals surface area contributed by atoms with Gasteiger partial charge in [0.1, 0.15) is 11.5 Å². The van der Waals surface area contributed by atoms with E-state index in [9.17, 15) is 18.3 Å². The fraction of sp³-hybridized carbons (Fsp3) is 0.321. The van der Waals surface area contributed by atoms with Gasteiger partial charge in [-0.3, -0.25) is 0 Å². The number of benzene rings is 3. The van der Waals surface area contributed by atoms with Gasteiger partial charge in [-0.15, -0.1) is 0 Å². The van der Waals surface area contributed by atoms with Crippen LogP contribution in [-0.4, -0.2) is 52.4 Å². The molecule has 0 fully saturated rings. The summed E-state index contributed by atoms with van der Waals surface area (Å²) >= 11 is 0. The van der Waals surface area contributed by atoms with Crippen LogP contribution in [0.15, 0.2) is 71.6 Å². The smallest absolute Gasteiger partial charge is 0.345 e. The number of methoxy groups -OCH3 is 1. The molecule has 11 heteroatoms. The van der Waals surface area contributed by atoms with Crippen LogP contribution in [0.25, 0.3) is 0 Å². The third-order valence-electron chi connectivity index (χ3n) is 5.68. The molecule has 0 saturated carbocycles. The Hall–Kier alpha value is -3.64. The van der Waals surface area contributed by atoms with Gasteiger partial charge in [-0.05, 0) is 55.7 Å². The number of nitrogens with one attached hydrogen (secondary N) is 1. The van der Waals surface area contributed by atoms with Crippen LogP contribution < -0.4 is 29.4 Å². The number of esters is 1. The first-order valence-electron chi connectivity index (χ1n) is 12.4. The van der Waals surface area contributed by atoms with Crippen LogP contribution in [0.5, 0.6) is 23.0 Å². The third kappa shape index (κ3) is 8.42. The minimum absolute atomic E-state index is 0.115. The van der Waals surface area contributed by atoms with E-state index in [2.05, 4.69) is 5.32 Å². The molecule has 0 aliphatic carbocycles. The molecule has 3 rings (SSSR count). The van der Waals surface area contributed by atoms with Crippen LogP contribution in [0, 0.1) is 0 Å². The second kappa shape index (κ2) is 13.9. The number of aliphatic hydroxyl groups is 1. The zero-order valence-electron chi connectivity index (χ0n) is 22.1. The largest absolute Gasteiger partial charge is 0.492 e. The van der Waals surface area contributed by atoms with Crippen molar-refractivity contribution in [3.05, 3.63) is 77.9 Å². The number of ether oxygens (including phenoxy) is 4. The Morgan fingerprint density at radius 3 is 2.26 bits per heavy atom. The lowest BCUT2D eigenvalue weighted by molar-refractivity contribution is -0.144. The van der Waals surface area contributed by atoms with Crippen molar-refractivity contribution in [3.8, 4) is 23.0 Å². The van der Waals surface area contributed by atoms with Crippen molar-refractivity contribution in [2.24, 2.45) is 5.14 Å². The van der Waals surface area contributed by atoms with Crippen LogP contribution in [0.4, 0.5) is 0 Å². The summed E-state index contributed by atoms with van der Waals surface area (Å²) in [6.07, 6.45) is -1.21. The van der Waals surface area contributed by atoms with E-state index < -0.39 is 22.1 Å². The van der Waals surface area contributed by atoms with Gasteiger partial charge in [0.15, 0.2) is 29.1 Å². The van der Waals surface area contributed by atoms with E-state index in [-0.39, 0.29) is 22.4 Å². The van der Waals surface area contributed by atoms with Crippen LogP contribution in [0.2, 0.25) is 0 Å². The summed E-state index contributed by atoms with van der Waals surface area (Å²) in [5, 5.41) is 19.2. The molecule has 0 heterocycles. The number of nitrogens with two attached hydrogens (primary N) is 1. The molecule has 0 amide bonds. The Balaban J connectivity index is 1.71. The van der Waals surface area contributed by atoms with Gasteiger partial charge in [-0.1, -0.05) is 42.5 Å². The summed E-state index contributed by atoms with van der Waals surface area (Å²) in [6, 6.07) is 18.4. The van der Waals surface area contributed by atoms with E-state index in [1.54, 1.807) is 30.3 Å². The first-order chi connectivity index (χ1) is 18.6. The van der Waals surface area contributed by atoms with Gasteiger partial charge in [-0.2, -0.15) is 0 Å². The zero-order chi connectivity index (χ0) is 28.4. The minimum Gasteiger partial charge on any atom is -0.492 e. The molecule has 0 saturated heterocycles. The fourth-order valence-electron chi connectivity index (χ4n) is 3.91. The molecule has 0 radical (unpaired) electrons. The molecule has 210 valence electrons. The van der Waals surface area contributed by atoms with Gasteiger partial charge in [0, 0.05) is 12.6 Å². The Morgan fingerprint density at radius 2 is 1.64 bits per heavy atom. The van der Waals surface area contributed by atoms with Crippen molar-refractivity contribution in [2.45, 2.75) is 37.3 Å². The van der Waals surface area contributed by atoms with Gasteiger partial charge < -0.3 is 29.4 Å². The number of para-hydroxylation sites is 2. The molecular weight excluding hydrogens is 524 g/mol. The Labute approximate surface area is 228 Å². The van der Waals surface area contributed by atoms with Crippen LogP contribution in [-0.2, 0) is 21.2 Å². The average Bonchev–Trinajstić information content (AvgIpc) is 2.91. The number of aliphatic hydroxyl groups excluding tert-OH is 1. The van der Waals surface area contributed by atoms with E-state index in [0.717, 1.165) is 0 Å². The number of carbonyl (C=O) groups is 1. The van der Waals surface area contributed by atoms with Crippen molar-refractivity contribution in [1.82, 2.24) is 5.32 Å². The minimum atomic E-state index is -4.23. The quantitative estimate of drug-likeness (QED) is 0.154. The van der Waals surface area contributed by atoms with Gasteiger partial charge in [0.05, 0.1) is 13.7 Å². The topological polar surface area (TPSA) is 146 Å². The maximum atomic E-state index is 12.7. The summed E-state index contributed by atoms with van der Waals surface area (Å²) in [7, 11) is -2.99. The lowest BCUT2D eigenvalue weighted by atomic mass is 10.1. The third-order valence-corrected chi connectivity index (χ3v) is 6.60. The number of carbonyl (C=O) groups excluding carboxylic acids is 1. The SMILES string of the molecule is CCOc1ccccc1OCCN[C@H](C)Cc1cc(OC(=O)C(O)c2ccccc2)c(OC)c(S(N)(=O)=O)c1. The number of hydrogen-bond donors (Lipinski definition) is 3. The first kappa shape index (κ1) is 29.9. The van der Waals surface area contributed by atoms with Crippen molar-refractivity contribution in [2.75, 3.05) is 26.9 Å². The highest BCUT2D eigenvalue weighted by molar-refractivity contribution is 7.89. The van der Waals surface area contributed by atoms with Gasteiger partial charge in [0.25, 0.3) is 0 Å². The highest BCUT2D eigenvalue weighted by Gasteiger charge is 2.26. The molecule has 4 N–H and O–H groups in total. The zero-order valence-corrected chi connectivity index (χ0v) is 22.9. The average molecular weight is 559 g/mol. The van der Waals surface area contributed by atoms with Crippen LogP contribution in [0.1, 0.15) is 31.1 Å². The van der Waals surface area contributed by atoms with Crippen molar-refractivity contribution < 1.29 is 37.3 Å². The van der Waals surface area contributed by atoms with Crippen LogP contribution in [0.3, 0.4) is 0 Å². The molecule has 2 atom stereocenters. The monoisotopic (exact) mass is 558 g/mol. The van der Waals surface area contributed by atoms with E-state index >= 15 is 0 Å². The molecule has 3 aromatic rings. The van der Waals surface area contributed by atoms with E-state index in [4.69, 9.17) is 24.1 Å². The fourth-order valence-corrected chi connectivity index (χ4v) is 4.67. The predicted molar refractivity (Wildman–Crippen MR) is 146 cm³/mol. The maximum Gasteiger partial charge on any atom is 0.345 e. The molecule has 0 aromatic heterocycles. The number of hydrogen-bond acceptors (Lipinski definition) is 9. The molecule has 39 heavy (non-hydrogen) atoms. The van der Waals surface area contributed by atoms with Crippen molar-refractivity contribution in [1.29, 1.82) is 0 Å². The number of sulfonamides is 1. The second-order valence-electron chi connectivity index (χ2n) is 8.69. The predicted octanol–water partition coefficient (Wildman–Crippen LogP) is 2.98. The van der Waals surface area contributed by atoms with E-state index in [1.165, 1.54) is 19.2 Å². The number of rotatable bonds is 14. The Kier molecular flexibility index (Phi) is 10.7. The lowest BCUT2D eigenvalue weighted by Crippen LogP contribution is -2.32. The number of primary sulfonamides is 1. The lowest BCUT2D eigenvalue weighted by Gasteiger charge is -2.19. The Morgan fingerprint density at radius 1 is 1.00 bits per heavy atom. The summed E-state index contributed by atoms with van der Waals surface area (Å²) in [5.74, 6) is -0.0706. The molecule has 0 aliphatic heterocycles. The first-order valence-corrected chi connectivity index (χ1v) is 13.9. The van der Waals surface area contributed by atoms with Gasteiger partial charge in [0.2, 0.25) is 10.0 Å². The summed E-state index contributed by atoms with van der Waals surface area (Å²) in [5.41, 5.74) is 0.854. The normalized spacial score (nSPS) is 12.8. The summed E-state index contributed by atoms with van der Waals surface area (Å²) in [6.45, 7) is 5.23. The summed E-state index contributed by atoms with van der Waals surface area (Å²) < 4.78 is 46.7. The van der Waals surface area contributed by atoms with E-state index in [1.807, 2.05) is 38.1 Å². The van der Waals surface area contributed by atoms with Crippen LogP contribution >= 0.6 is 0 Å². The van der Waals surface area contributed by atoms with Crippen molar-refractivity contribution in [3.63, 3.8) is 0 Å². The standard InChI is InChI=1S/C28H34N2O8S/c1-4-36-22-12-8-9-13-23(22)37-15-14-30-19(2)16-20-17-24(27(35-3)25(18-20)39(29,33)34)38-28(32)26(31)21-10-6-5-7-11-21/h5-13,17-19,26,30-31H,4,14-16H2,1-3H3,(H2,29,33,34)/t19-,26?/m1/s1. The van der Waals surface area contributed by atoms with Crippen molar-refractivity contribution >= 4 is 16.0 Å². The molecule has 10 nitrogen and oxygen atoms in total. The molecule has 0 spiro atoms. The molecular formula is C28H34N2O8S. The van der Waals surface area contributed by atoms with Gasteiger partial charge >= 0.3 is 5.97 Å².